The smallest absolute Gasteiger partial charge is 0.319 e. The number of hydrogen-bond donors (Lipinski definition) is 2. The van der Waals surface area contributed by atoms with Gasteiger partial charge in [0.1, 0.15) is 5.82 Å². The Hall–Kier alpha value is -2.41. The Morgan fingerprint density at radius 1 is 1.35 bits per heavy atom. The maximum absolute atomic E-state index is 13.5. The zero-order chi connectivity index (χ0) is 16.4. The number of rotatable bonds is 2. The number of nitrogens with zero attached hydrogens (tertiary/aromatic N) is 1. The summed E-state index contributed by atoms with van der Waals surface area (Å²) in [4.78, 5) is 26.3. The van der Waals surface area contributed by atoms with E-state index < -0.39 is 17.9 Å². The van der Waals surface area contributed by atoms with Gasteiger partial charge >= 0.3 is 6.03 Å². The van der Waals surface area contributed by atoms with Crippen molar-refractivity contribution in [2.45, 2.75) is 13.0 Å². The van der Waals surface area contributed by atoms with Crippen LogP contribution in [-0.2, 0) is 9.53 Å². The van der Waals surface area contributed by atoms with Crippen molar-refractivity contribution < 1.29 is 18.7 Å². The van der Waals surface area contributed by atoms with Gasteiger partial charge in [0.15, 0.2) is 0 Å². The predicted octanol–water partition coefficient (Wildman–Crippen LogP) is 1.31. The van der Waals surface area contributed by atoms with Crippen LogP contribution >= 0.6 is 0 Å². The van der Waals surface area contributed by atoms with Crippen molar-refractivity contribution in [2.24, 2.45) is 0 Å². The molecule has 0 aromatic heterocycles. The van der Waals surface area contributed by atoms with Crippen molar-refractivity contribution in [1.29, 1.82) is 0 Å². The Balaban J connectivity index is 1.97. The molecular weight excluding hydrogens is 301 g/mol. The van der Waals surface area contributed by atoms with Crippen molar-refractivity contribution in [3.8, 4) is 0 Å². The predicted molar refractivity (Wildman–Crippen MR) is 80.9 cm³/mol. The van der Waals surface area contributed by atoms with Gasteiger partial charge in [0.2, 0.25) is 0 Å². The molecule has 2 aliphatic heterocycles. The van der Waals surface area contributed by atoms with Crippen molar-refractivity contribution in [2.75, 3.05) is 26.3 Å². The number of amides is 3. The Bertz CT molecular complexity index is 668. The standard InChI is InChI=1S/C16H18FN3O3/c1-10-13(15(21)20-5-7-23-8-6-20)14(19-16(22)18-10)11-3-2-4-12(17)9-11/h2-4,9,14H,5-8H2,1H3,(H2,18,19,22). The van der Waals surface area contributed by atoms with Crippen LogP contribution in [0.15, 0.2) is 35.5 Å². The first kappa shape index (κ1) is 15.5. The van der Waals surface area contributed by atoms with Gasteiger partial charge in [-0.3, -0.25) is 4.79 Å². The van der Waals surface area contributed by atoms with Crippen molar-refractivity contribution in [3.05, 3.63) is 46.9 Å². The highest BCUT2D eigenvalue weighted by Crippen LogP contribution is 2.28. The summed E-state index contributed by atoms with van der Waals surface area (Å²) < 4.78 is 18.8. The maximum Gasteiger partial charge on any atom is 0.319 e. The zero-order valence-electron chi connectivity index (χ0n) is 12.8. The average Bonchev–Trinajstić information content (AvgIpc) is 2.54. The van der Waals surface area contributed by atoms with Crippen LogP contribution in [0.1, 0.15) is 18.5 Å². The van der Waals surface area contributed by atoms with Crippen molar-refractivity contribution >= 4 is 11.9 Å². The lowest BCUT2D eigenvalue weighted by atomic mass is 9.94. The summed E-state index contributed by atoms with van der Waals surface area (Å²) in [6.45, 7) is 3.66. The van der Waals surface area contributed by atoms with E-state index in [1.807, 2.05) is 0 Å². The highest BCUT2D eigenvalue weighted by molar-refractivity contribution is 5.98. The molecule has 2 heterocycles. The second-order valence-corrected chi connectivity index (χ2v) is 5.53. The van der Waals surface area contributed by atoms with E-state index in [2.05, 4.69) is 10.6 Å². The van der Waals surface area contributed by atoms with Crippen LogP contribution in [0.3, 0.4) is 0 Å². The molecule has 2 aliphatic rings. The van der Waals surface area contributed by atoms with E-state index in [0.29, 0.717) is 43.1 Å². The minimum Gasteiger partial charge on any atom is -0.378 e. The topological polar surface area (TPSA) is 70.7 Å². The monoisotopic (exact) mass is 319 g/mol. The molecule has 1 fully saturated rings. The fraction of sp³-hybridized carbons (Fsp3) is 0.375. The first-order valence-electron chi connectivity index (χ1n) is 7.47. The minimum atomic E-state index is -0.671. The molecule has 2 N–H and O–H groups in total. The highest BCUT2D eigenvalue weighted by atomic mass is 19.1. The van der Waals surface area contributed by atoms with E-state index >= 15 is 0 Å². The number of carbonyl (C=O) groups is 2. The first-order chi connectivity index (χ1) is 11.1. The number of morpholine rings is 1. The average molecular weight is 319 g/mol. The summed E-state index contributed by atoms with van der Waals surface area (Å²) in [5.74, 6) is -0.585. The fourth-order valence-electron chi connectivity index (χ4n) is 2.85. The molecule has 3 amide bonds. The van der Waals surface area contributed by atoms with Gasteiger partial charge in [0.25, 0.3) is 5.91 Å². The molecule has 0 saturated carbocycles. The second-order valence-electron chi connectivity index (χ2n) is 5.53. The van der Waals surface area contributed by atoms with Crippen LogP contribution in [0, 0.1) is 5.82 Å². The fourth-order valence-corrected chi connectivity index (χ4v) is 2.85. The third kappa shape index (κ3) is 3.19. The lowest BCUT2D eigenvalue weighted by Gasteiger charge is -2.33. The maximum atomic E-state index is 13.5. The van der Waals surface area contributed by atoms with Gasteiger partial charge < -0.3 is 20.3 Å². The van der Waals surface area contributed by atoms with Crippen LogP contribution in [0.4, 0.5) is 9.18 Å². The van der Waals surface area contributed by atoms with E-state index in [1.165, 1.54) is 12.1 Å². The first-order valence-corrected chi connectivity index (χ1v) is 7.47. The number of benzene rings is 1. The molecule has 1 atom stereocenters. The summed E-state index contributed by atoms with van der Waals surface area (Å²) in [7, 11) is 0. The molecule has 0 radical (unpaired) electrons. The molecule has 1 saturated heterocycles. The van der Waals surface area contributed by atoms with Gasteiger partial charge in [0, 0.05) is 18.8 Å². The number of ether oxygens (including phenoxy) is 1. The molecule has 0 aliphatic carbocycles. The van der Waals surface area contributed by atoms with Crippen LogP contribution < -0.4 is 10.6 Å². The number of allylic oxidation sites excluding steroid dienone is 1. The van der Waals surface area contributed by atoms with E-state index in [1.54, 1.807) is 24.0 Å². The van der Waals surface area contributed by atoms with E-state index in [4.69, 9.17) is 4.74 Å². The third-order valence-electron chi connectivity index (χ3n) is 3.98. The van der Waals surface area contributed by atoms with Gasteiger partial charge in [-0.25, -0.2) is 9.18 Å². The number of carbonyl (C=O) groups excluding carboxylic acids is 2. The van der Waals surface area contributed by atoms with Crippen molar-refractivity contribution in [3.63, 3.8) is 0 Å². The molecule has 0 bridgehead atoms. The van der Waals surface area contributed by atoms with Gasteiger partial charge in [-0.2, -0.15) is 0 Å². The lowest BCUT2D eigenvalue weighted by Crippen LogP contribution is -2.49. The molecule has 0 spiro atoms. The van der Waals surface area contributed by atoms with Crippen LogP contribution in [0.25, 0.3) is 0 Å². The molecule has 1 aromatic carbocycles. The number of halogens is 1. The molecule has 6 nitrogen and oxygen atoms in total. The molecule has 1 unspecified atom stereocenters. The Labute approximate surface area is 133 Å². The number of hydrogen-bond acceptors (Lipinski definition) is 3. The highest BCUT2D eigenvalue weighted by Gasteiger charge is 2.34. The number of urea groups is 1. The Morgan fingerprint density at radius 2 is 2.09 bits per heavy atom. The summed E-state index contributed by atoms with van der Waals surface area (Å²) in [5.41, 5.74) is 1.45. The summed E-state index contributed by atoms with van der Waals surface area (Å²) in [6, 6.07) is 4.83. The number of nitrogens with one attached hydrogen (secondary N) is 2. The second kappa shape index (κ2) is 6.37. The molecule has 7 heteroatoms. The van der Waals surface area contributed by atoms with Gasteiger partial charge in [-0.05, 0) is 24.6 Å². The van der Waals surface area contributed by atoms with Crippen LogP contribution in [-0.4, -0.2) is 43.1 Å². The Morgan fingerprint density at radius 3 is 2.78 bits per heavy atom. The van der Waals surface area contributed by atoms with Crippen LogP contribution in [0.5, 0.6) is 0 Å². The van der Waals surface area contributed by atoms with Gasteiger partial charge in [-0.1, -0.05) is 12.1 Å². The van der Waals surface area contributed by atoms with Gasteiger partial charge in [0.05, 0.1) is 24.8 Å². The SMILES string of the molecule is CC1=C(C(=O)N2CCOCC2)C(c2cccc(F)c2)NC(=O)N1. The normalized spacial score (nSPS) is 21.7. The van der Waals surface area contributed by atoms with Crippen molar-refractivity contribution in [1.82, 2.24) is 15.5 Å². The molecule has 23 heavy (non-hydrogen) atoms. The molecule has 3 rings (SSSR count). The van der Waals surface area contributed by atoms with E-state index in [9.17, 15) is 14.0 Å². The van der Waals surface area contributed by atoms with Crippen LogP contribution in [0.2, 0.25) is 0 Å². The summed E-state index contributed by atoms with van der Waals surface area (Å²) in [6.07, 6.45) is 0. The third-order valence-corrected chi connectivity index (χ3v) is 3.98. The minimum absolute atomic E-state index is 0.174. The quantitative estimate of drug-likeness (QED) is 0.863. The zero-order valence-corrected chi connectivity index (χ0v) is 12.8. The van der Waals surface area contributed by atoms with Gasteiger partial charge in [-0.15, -0.1) is 0 Å². The molecular formula is C16H18FN3O3. The molecule has 1 aromatic rings. The summed E-state index contributed by atoms with van der Waals surface area (Å²) >= 11 is 0. The largest absolute Gasteiger partial charge is 0.378 e. The molecule has 122 valence electrons. The Kier molecular flexibility index (Phi) is 4.29. The lowest BCUT2D eigenvalue weighted by molar-refractivity contribution is -0.131. The van der Waals surface area contributed by atoms with E-state index in [0.717, 1.165) is 0 Å². The van der Waals surface area contributed by atoms with E-state index in [-0.39, 0.29) is 5.91 Å². The summed E-state index contributed by atoms with van der Waals surface area (Å²) in [5, 5.41) is 5.33.